The maximum Gasteiger partial charge on any atom is 0.169 e. The van der Waals surface area contributed by atoms with E-state index in [1.54, 1.807) is 18.6 Å². The Morgan fingerprint density at radius 1 is 1.00 bits per heavy atom. The predicted octanol–water partition coefficient (Wildman–Crippen LogP) is 3.06. The van der Waals surface area contributed by atoms with Gasteiger partial charge in [0.2, 0.25) is 0 Å². The Hall–Kier alpha value is -2.55. The van der Waals surface area contributed by atoms with E-state index in [2.05, 4.69) is 9.97 Å². The molecule has 0 saturated carbocycles. The molecule has 0 spiro atoms. The molecule has 0 aliphatic rings. The molecule has 0 amide bonds. The average molecular weight is 248 g/mol. The minimum Gasteiger partial charge on any atom is -0.294 e. The van der Waals surface area contributed by atoms with Crippen molar-refractivity contribution in [2.45, 2.75) is 6.42 Å². The first kappa shape index (κ1) is 11.5. The highest BCUT2D eigenvalue weighted by molar-refractivity contribution is 6.08. The van der Waals surface area contributed by atoms with Crippen molar-refractivity contribution < 1.29 is 4.79 Å². The van der Waals surface area contributed by atoms with Gasteiger partial charge in [0.1, 0.15) is 0 Å². The van der Waals surface area contributed by atoms with Crippen LogP contribution in [0.25, 0.3) is 10.8 Å². The molecule has 19 heavy (non-hydrogen) atoms. The van der Waals surface area contributed by atoms with Gasteiger partial charge in [0.25, 0.3) is 0 Å². The number of rotatable bonds is 3. The summed E-state index contributed by atoms with van der Waals surface area (Å²) in [7, 11) is 0. The Labute approximate surface area is 111 Å². The molecule has 0 aliphatic heterocycles. The van der Waals surface area contributed by atoms with E-state index in [-0.39, 0.29) is 5.78 Å². The van der Waals surface area contributed by atoms with Crippen molar-refractivity contribution in [3.8, 4) is 0 Å². The fourth-order valence-corrected chi connectivity index (χ4v) is 2.13. The van der Waals surface area contributed by atoms with E-state index in [0.29, 0.717) is 6.42 Å². The third-order valence-corrected chi connectivity index (χ3v) is 3.05. The van der Waals surface area contributed by atoms with Crippen LogP contribution in [0.3, 0.4) is 0 Å². The number of fused-ring (bicyclic) bond motifs is 1. The molecule has 0 aliphatic carbocycles. The van der Waals surface area contributed by atoms with Crippen molar-refractivity contribution in [3.63, 3.8) is 0 Å². The summed E-state index contributed by atoms with van der Waals surface area (Å²) in [5.74, 6) is 0.0792. The fraction of sp³-hybridized carbons (Fsp3) is 0.0625. The van der Waals surface area contributed by atoms with Gasteiger partial charge in [-0.25, -0.2) is 0 Å². The number of hydrogen-bond donors (Lipinski definition) is 0. The quantitative estimate of drug-likeness (QED) is 0.669. The van der Waals surface area contributed by atoms with Crippen LogP contribution in [0.4, 0.5) is 0 Å². The van der Waals surface area contributed by atoms with Gasteiger partial charge in [-0.05, 0) is 23.6 Å². The van der Waals surface area contributed by atoms with Gasteiger partial charge in [-0.1, -0.05) is 24.3 Å². The molecule has 0 N–H and O–H groups in total. The van der Waals surface area contributed by atoms with Crippen molar-refractivity contribution >= 4 is 16.6 Å². The topological polar surface area (TPSA) is 42.9 Å². The normalized spacial score (nSPS) is 10.5. The molecule has 3 rings (SSSR count). The Bertz CT molecular complexity index is 718. The molecule has 2 heterocycles. The molecule has 0 radical (unpaired) electrons. The van der Waals surface area contributed by atoms with Crippen LogP contribution >= 0.6 is 0 Å². The molecule has 3 nitrogen and oxygen atoms in total. The smallest absolute Gasteiger partial charge is 0.169 e. The molecule has 2 aromatic heterocycles. The summed E-state index contributed by atoms with van der Waals surface area (Å²) >= 11 is 0. The van der Waals surface area contributed by atoms with Crippen LogP contribution < -0.4 is 0 Å². The minimum atomic E-state index is 0.0792. The molecule has 92 valence electrons. The number of nitrogens with zero attached hydrogens (tertiary/aromatic N) is 2. The van der Waals surface area contributed by atoms with Crippen molar-refractivity contribution in [3.05, 3.63) is 72.3 Å². The highest BCUT2D eigenvalue weighted by atomic mass is 16.1. The van der Waals surface area contributed by atoms with Gasteiger partial charge in [0, 0.05) is 35.2 Å². The Morgan fingerprint density at radius 2 is 1.95 bits per heavy atom. The fourth-order valence-electron chi connectivity index (χ4n) is 2.13. The van der Waals surface area contributed by atoms with Crippen LogP contribution in [0.5, 0.6) is 0 Å². The lowest BCUT2D eigenvalue weighted by molar-refractivity contribution is 0.0993. The summed E-state index contributed by atoms with van der Waals surface area (Å²) in [6, 6.07) is 13.2. The van der Waals surface area contributed by atoms with Crippen LogP contribution in [-0.2, 0) is 6.42 Å². The Kier molecular flexibility index (Phi) is 3.02. The first-order valence-electron chi connectivity index (χ1n) is 6.10. The molecule has 0 unspecified atom stereocenters. The predicted molar refractivity (Wildman–Crippen MR) is 74.0 cm³/mol. The number of carbonyl (C=O) groups excluding carboxylic acids is 1. The molecule has 0 atom stereocenters. The second-order valence-electron chi connectivity index (χ2n) is 4.32. The molecule has 0 saturated heterocycles. The molecule has 3 aromatic rings. The van der Waals surface area contributed by atoms with Crippen LogP contribution in [0, 0.1) is 0 Å². The summed E-state index contributed by atoms with van der Waals surface area (Å²) in [6.07, 6.45) is 5.50. The van der Waals surface area contributed by atoms with Crippen LogP contribution in [0.15, 0.2) is 61.1 Å². The zero-order valence-corrected chi connectivity index (χ0v) is 10.3. The third-order valence-electron chi connectivity index (χ3n) is 3.05. The van der Waals surface area contributed by atoms with E-state index in [4.69, 9.17) is 0 Å². The summed E-state index contributed by atoms with van der Waals surface area (Å²) in [5.41, 5.74) is 1.52. The van der Waals surface area contributed by atoms with Crippen LogP contribution in [-0.4, -0.2) is 15.8 Å². The average Bonchev–Trinajstić information content (AvgIpc) is 2.47. The number of pyridine rings is 2. The van der Waals surface area contributed by atoms with Gasteiger partial charge < -0.3 is 0 Å². The second kappa shape index (κ2) is 4.98. The summed E-state index contributed by atoms with van der Waals surface area (Å²) in [6.45, 7) is 0. The lowest BCUT2D eigenvalue weighted by Gasteiger charge is -2.05. The minimum absolute atomic E-state index is 0.0792. The van der Waals surface area contributed by atoms with Crippen molar-refractivity contribution in [1.29, 1.82) is 0 Å². The van der Waals surface area contributed by atoms with Gasteiger partial charge >= 0.3 is 0 Å². The van der Waals surface area contributed by atoms with E-state index in [1.165, 1.54) is 0 Å². The van der Waals surface area contributed by atoms with Gasteiger partial charge in [-0.3, -0.25) is 14.8 Å². The molecule has 0 fully saturated rings. The molecular formula is C16H12N2O. The van der Waals surface area contributed by atoms with Crippen molar-refractivity contribution in [1.82, 2.24) is 9.97 Å². The lowest BCUT2D eigenvalue weighted by atomic mass is 10.0. The summed E-state index contributed by atoms with van der Waals surface area (Å²) in [4.78, 5) is 20.6. The first-order valence-corrected chi connectivity index (χ1v) is 6.10. The monoisotopic (exact) mass is 248 g/mol. The zero-order valence-electron chi connectivity index (χ0n) is 10.3. The third kappa shape index (κ3) is 2.36. The molecule has 3 heteroatoms. The van der Waals surface area contributed by atoms with E-state index in [9.17, 15) is 4.79 Å². The number of hydrogen-bond acceptors (Lipinski definition) is 3. The zero-order chi connectivity index (χ0) is 13.1. The largest absolute Gasteiger partial charge is 0.294 e. The molecular weight excluding hydrogens is 236 g/mol. The number of aromatic nitrogens is 2. The van der Waals surface area contributed by atoms with E-state index in [0.717, 1.165) is 22.0 Å². The second-order valence-corrected chi connectivity index (χ2v) is 4.32. The maximum atomic E-state index is 12.4. The van der Waals surface area contributed by atoms with E-state index >= 15 is 0 Å². The van der Waals surface area contributed by atoms with Crippen LogP contribution in [0.2, 0.25) is 0 Å². The maximum absolute atomic E-state index is 12.4. The first-order chi connectivity index (χ1) is 9.34. The lowest BCUT2D eigenvalue weighted by Crippen LogP contribution is -2.05. The van der Waals surface area contributed by atoms with Crippen molar-refractivity contribution in [2.24, 2.45) is 0 Å². The Balaban J connectivity index is 1.98. The van der Waals surface area contributed by atoms with Gasteiger partial charge in [-0.2, -0.15) is 0 Å². The SMILES string of the molecule is O=C(Cc1ccccn1)c1cccc2cnccc12. The number of carbonyl (C=O) groups is 1. The number of ketones is 1. The summed E-state index contributed by atoms with van der Waals surface area (Å²) < 4.78 is 0. The van der Waals surface area contributed by atoms with Crippen LogP contribution in [0.1, 0.15) is 16.1 Å². The number of Topliss-reactive ketones (excluding diaryl/α,β-unsaturated/α-hetero) is 1. The standard InChI is InChI=1S/C16H12N2O/c19-16(10-13-5-1-2-8-18-13)15-6-3-4-12-11-17-9-7-14(12)15/h1-9,11H,10H2. The van der Waals surface area contributed by atoms with Crippen molar-refractivity contribution in [2.75, 3.05) is 0 Å². The van der Waals surface area contributed by atoms with E-state index in [1.807, 2.05) is 42.5 Å². The van der Waals surface area contributed by atoms with Gasteiger partial charge in [-0.15, -0.1) is 0 Å². The van der Waals surface area contributed by atoms with E-state index < -0.39 is 0 Å². The Morgan fingerprint density at radius 3 is 2.79 bits per heavy atom. The highest BCUT2D eigenvalue weighted by Gasteiger charge is 2.11. The molecule has 0 bridgehead atoms. The highest BCUT2D eigenvalue weighted by Crippen LogP contribution is 2.19. The van der Waals surface area contributed by atoms with Gasteiger partial charge in [0.05, 0.1) is 6.42 Å². The number of benzene rings is 1. The van der Waals surface area contributed by atoms with Gasteiger partial charge in [0.15, 0.2) is 5.78 Å². The molecule has 1 aromatic carbocycles. The summed E-state index contributed by atoms with van der Waals surface area (Å²) in [5, 5.41) is 1.92.